The molecule has 1 rings (SSSR count). The summed E-state index contributed by atoms with van der Waals surface area (Å²) in [6.07, 6.45) is 0.517. The first-order valence-corrected chi connectivity index (χ1v) is 5.28. The van der Waals surface area contributed by atoms with Crippen LogP contribution in [-0.2, 0) is 14.6 Å². The number of sulfone groups is 1. The van der Waals surface area contributed by atoms with Crippen molar-refractivity contribution in [3.8, 4) is 0 Å². The van der Waals surface area contributed by atoms with Gasteiger partial charge in [-0.25, -0.2) is 8.42 Å². The molecule has 0 saturated carbocycles. The van der Waals surface area contributed by atoms with E-state index in [9.17, 15) is 8.42 Å². The van der Waals surface area contributed by atoms with Crippen molar-refractivity contribution < 1.29 is 13.2 Å². The van der Waals surface area contributed by atoms with Crippen molar-refractivity contribution in [2.75, 3.05) is 25.2 Å². The van der Waals surface area contributed by atoms with Gasteiger partial charge in [0, 0.05) is 7.11 Å². The van der Waals surface area contributed by atoms with Crippen molar-refractivity contribution in [3.63, 3.8) is 0 Å². The minimum absolute atomic E-state index is 0.0633. The Morgan fingerprint density at radius 1 is 1.64 bits per heavy atom. The molecule has 1 atom stereocenters. The van der Waals surface area contributed by atoms with Gasteiger partial charge in [0.25, 0.3) is 0 Å². The number of nitrogens with two attached hydrogens (primary N) is 1. The maximum absolute atomic E-state index is 11.0. The first-order valence-electron chi connectivity index (χ1n) is 3.46. The van der Waals surface area contributed by atoms with Crippen LogP contribution in [0.15, 0.2) is 0 Å². The van der Waals surface area contributed by atoms with Crippen LogP contribution in [0, 0.1) is 0 Å². The number of rotatable bonds is 2. The SMILES string of the molecule is COCC1(N)CCS(=O)(=O)C1. The van der Waals surface area contributed by atoms with Gasteiger partial charge in [-0.05, 0) is 6.42 Å². The summed E-state index contributed by atoms with van der Waals surface area (Å²) >= 11 is 0. The van der Waals surface area contributed by atoms with Gasteiger partial charge in [0.05, 0.1) is 23.7 Å². The summed E-state index contributed by atoms with van der Waals surface area (Å²) in [6.45, 7) is 0.326. The van der Waals surface area contributed by atoms with E-state index in [1.54, 1.807) is 0 Å². The molecule has 0 amide bonds. The van der Waals surface area contributed by atoms with E-state index in [2.05, 4.69) is 0 Å². The van der Waals surface area contributed by atoms with Crippen molar-refractivity contribution in [2.45, 2.75) is 12.0 Å². The first-order chi connectivity index (χ1) is 4.97. The molecule has 1 fully saturated rings. The van der Waals surface area contributed by atoms with Crippen molar-refractivity contribution in [1.82, 2.24) is 0 Å². The predicted octanol–water partition coefficient (Wildman–Crippen LogP) is -0.851. The fraction of sp³-hybridized carbons (Fsp3) is 1.00. The van der Waals surface area contributed by atoms with Crippen molar-refractivity contribution in [3.05, 3.63) is 0 Å². The molecule has 1 unspecified atom stereocenters. The van der Waals surface area contributed by atoms with Gasteiger partial charge in [0.2, 0.25) is 0 Å². The third-order valence-electron chi connectivity index (χ3n) is 1.85. The fourth-order valence-corrected chi connectivity index (χ4v) is 3.31. The van der Waals surface area contributed by atoms with E-state index in [-0.39, 0.29) is 11.5 Å². The maximum atomic E-state index is 11.0. The van der Waals surface area contributed by atoms with Crippen LogP contribution in [-0.4, -0.2) is 39.2 Å². The Labute approximate surface area is 66.6 Å². The molecule has 4 nitrogen and oxygen atoms in total. The molecule has 0 aliphatic carbocycles. The van der Waals surface area contributed by atoms with Gasteiger partial charge in [-0.1, -0.05) is 0 Å². The summed E-state index contributed by atoms with van der Waals surface area (Å²) in [5.74, 6) is 0.265. The van der Waals surface area contributed by atoms with Crippen molar-refractivity contribution in [2.24, 2.45) is 5.73 Å². The van der Waals surface area contributed by atoms with Gasteiger partial charge < -0.3 is 10.5 Å². The van der Waals surface area contributed by atoms with Crippen molar-refractivity contribution >= 4 is 9.84 Å². The molecular formula is C6H13NO3S. The molecule has 0 radical (unpaired) electrons. The third-order valence-corrected chi connectivity index (χ3v) is 3.69. The largest absolute Gasteiger partial charge is 0.383 e. The molecule has 66 valence electrons. The van der Waals surface area contributed by atoms with Crippen LogP contribution in [0.4, 0.5) is 0 Å². The molecule has 5 heteroatoms. The van der Waals surface area contributed by atoms with E-state index in [4.69, 9.17) is 10.5 Å². The van der Waals surface area contributed by atoms with Crippen LogP contribution < -0.4 is 5.73 Å². The number of hydrogen-bond acceptors (Lipinski definition) is 4. The van der Waals surface area contributed by atoms with Crippen LogP contribution in [0.5, 0.6) is 0 Å². The Morgan fingerprint density at radius 2 is 2.27 bits per heavy atom. The normalized spacial score (nSPS) is 35.8. The van der Waals surface area contributed by atoms with Crippen LogP contribution in [0.25, 0.3) is 0 Å². The van der Waals surface area contributed by atoms with Crippen LogP contribution >= 0.6 is 0 Å². The molecule has 1 aliphatic heterocycles. The van der Waals surface area contributed by atoms with E-state index < -0.39 is 15.4 Å². The lowest BCUT2D eigenvalue weighted by Crippen LogP contribution is -2.45. The fourth-order valence-electron chi connectivity index (χ4n) is 1.34. The Morgan fingerprint density at radius 3 is 2.64 bits per heavy atom. The second-order valence-electron chi connectivity index (χ2n) is 3.14. The highest BCUT2D eigenvalue weighted by Gasteiger charge is 2.38. The summed E-state index contributed by atoms with van der Waals surface area (Å²) in [7, 11) is -1.35. The molecule has 1 saturated heterocycles. The van der Waals surface area contributed by atoms with Crippen LogP contribution in [0.3, 0.4) is 0 Å². The summed E-state index contributed by atoms with van der Waals surface area (Å²) in [6, 6.07) is 0. The number of ether oxygens (including phenoxy) is 1. The molecule has 2 N–H and O–H groups in total. The standard InChI is InChI=1S/C6H13NO3S/c1-10-4-6(7)2-3-11(8,9)5-6/h2-5,7H2,1H3. The summed E-state index contributed by atoms with van der Waals surface area (Å²) < 4.78 is 26.8. The number of hydrogen-bond donors (Lipinski definition) is 1. The third kappa shape index (κ3) is 2.15. The van der Waals surface area contributed by atoms with Crippen molar-refractivity contribution in [1.29, 1.82) is 0 Å². The molecule has 0 aromatic heterocycles. The van der Waals surface area contributed by atoms with Gasteiger partial charge in [0.15, 0.2) is 9.84 Å². The van der Waals surface area contributed by atoms with Gasteiger partial charge in [-0.3, -0.25) is 0 Å². The lowest BCUT2D eigenvalue weighted by atomic mass is 10.0. The van der Waals surface area contributed by atoms with Gasteiger partial charge in [0.1, 0.15) is 0 Å². The zero-order chi connectivity index (χ0) is 8.54. The summed E-state index contributed by atoms with van der Waals surface area (Å²) in [5, 5.41) is 0. The maximum Gasteiger partial charge on any atom is 0.152 e. The lowest BCUT2D eigenvalue weighted by molar-refractivity contribution is 0.144. The molecule has 0 spiro atoms. The second kappa shape index (κ2) is 2.73. The minimum atomic E-state index is -2.88. The Hall–Kier alpha value is -0.130. The Balaban J connectivity index is 2.65. The average Bonchev–Trinajstić information content (AvgIpc) is 2.07. The van der Waals surface area contributed by atoms with E-state index in [0.717, 1.165) is 0 Å². The van der Waals surface area contributed by atoms with Gasteiger partial charge >= 0.3 is 0 Å². The molecule has 11 heavy (non-hydrogen) atoms. The Kier molecular flexibility index (Phi) is 2.22. The monoisotopic (exact) mass is 179 g/mol. The molecule has 0 aromatic carbocycles. The van der Waals surface area contributed by atoms with E-state index in [1.165, 1.54) is 7.11 Å². The highest BCUT2D eigenvalue weighted by Crippen LogP contribution is 2.20. The zero-order valence-corrected chi connectivity index (χ0v) is 7.36. The van der Waals surface area contributed by atoms with E-state index in [1.807, 2.05) is 0 Å². The summed E-state index contributed by atoms with van der Waals surface area (Å²) in [5.41, 5.74) is 5.11. The van der Waals surface area contributed by atoms with Gasteiger partial charge in [-0.2, -0.15) is 0 Å². The van der Waals surface area contributed by atoms with E-state index in [0.29, 0.717) is 13.0 Å². The lowest BCUT2D eigenvalue weighted by Gasteiger charge is -2.19. The topological polar surface area (TPSA) is 69.4 Å². The average molecular weight is 179 g/mol. The molecule has 0 aromatic rings. The quantitative estimate of drug-likeness (QED) is 0.599. The highest BCUT2D eigenvalue weighted by molar-refractivity contribution is 7.91. The smallest absolute Gasteiger partial charge is 0.152 e. The first kappa shape index (κ1) is 8.96. The molecule has 1 aliphatic rings. The molecule has 1 heterocycles. The highest BCUT2D eigenvalue weighted by atomic mass is 32.2. The zero-order valence-electron chi connectivity index (χ0n) is 6.54. The minimum Gasteiger partial charge on any atom is -0.383 e. The second-order valence-corrected chi connectivity index (χ2v) is 5.32. The number of methoxy groups -OCH3 is 1. The van der Waals surface area contributed by atoms with Gasteiger partial charge in [-0.15, -0.1) is 0 Å². The van der Waals surface area contributed by atoms with Crippen LogP contribution in [0.2, 0.25) is 0 Å². The summed E-state index contributed by atoms with van der Waals surface area (Å²) in [4.78, 5) is 0. The van der Waals surface area contributed by atoms with E-state index >= 15 is 0 Å². The Bertz CT molecular complexity index is 236. The molecular weight excluding hydrogens is 166 g/mol. The molecule has 0 bridgehead atoms. The predicted molar refractivity (Wildman–Crippen MR) is 42.1 cm³/mol. The van der Waals surface area contributed by atoms with Crippen LogP contribution in [0.1, 0.15) is 6.42 Å².